The molecule has 0 unspecified atom stereocenters. The van der Waals surface area contributed by atoms with E-state index in [-0.39, 0.29) is 18.0 Å². The van der Waals surface area contributed by atoms with Gasteiger partial charge in [0.1, 0.15) is 11.5 Å². The van der Waals surface area contributed by atoms with E-state index in [2.05, 4.69) is 11.4 Å². The van der Waals surface area contributed by atoms with Crippen LogP contribution in [0.1, 0.15) is 29.5 Å². The summed E-state index contributed by atoms with van der Waals surface area (Å²) in [5, 5.41) is 3.38. The molecule has 1 aliphatic heterocycles. The molecular weight excluding hydrogens is 376 g/mol. The highest BCUT2D eigenvalue weighted by molar-refractivity contribution is 5.85. The maximum absolute atomic E-state index is 12.2. The standard InChI is InChI=1S/C22H28N2O3.ClH/c1-14-15(2)22(25)24(3)13-19(14)17-11-20(26-4)18(21(12-17)27-5)10-16-6-8-23-9-7-16;/h10-13,23H,6-9H2,1-5H3;1H. The summed E-state index contributed by atoms with van der Waals surface area (Å²) in [4.78, 5) is 12.2. The van der Waals surface area contributed by atoms with Gasteiger partial charge in [-0.25, -0.2) is 0 Å². The van der Waals surface area contributed by atoms with Crippen molar-refractivity contribution in [3.8, 4) is 22.6 Å². The van der Waals surface area contributed by atoms with E-state index in [1.807, 2.05) is 32.2 Å². The fraction of sp³-hybridized carbons (Fsp3) is 0.409. The molecule has 5 nitrogen and oxygen atoms in total. The zero-order chi connectivity index (χ0) is 19.6. The van der Waals surface area contributed by atoms with Crippen molar-refractivity contribution in [3.05, 3.63) is 50.9 Å². The van der Waals surface area contributed by atoms with Crippen LogP contribution in [0.3, 0.4) is 0 Å². The van der Waals surface area contributed by atoms with Crippen molar-refractivity contribution in [2.45, 2.75) is 26.7 Å². The Morgan fingerprint density at radius 3 is 2.14 bits per heavy atom. The van der Waals surface area contributed by atoms with Gasteiger partial charge in [0.25, 0.3) is 5.56 Å². The number of hydrogen-bond donors (Lipinski definition) is 1. The fourth-order valence-corrected chi connectivity index (χ4v) is 3.60. The minimum Gasteiger partial charge on any atom is -0.496 e. The largest absolute Gasteiger partial charge is 0.496 e. The number of rotatable bonds is 4. The van der Waals surface area contributed by atoms with Crippen LogP contribution in [0.5, 0.6) is 11.5 Å². The van der Waals surface area contributed by atoms with Crippen LogP contribution >= 0.6 is 12.4 Å². The summed E-state index contributed by atoms with van der Waals surface area (Å²) in [7, 11) is 5.15. The number of pyridine rings is 1. The number of nitrogens with zero attached hydrogens (tertiary/aromatic N) is 1. The van der Waals surface area contributed by atoms with E-state index < -0.39 is 0 Å². The number of nitrogens with one attached hydrogen (secondary N) is 1. The van der Waals surface area contributed by atoms with Crippen LogP contribution in [-0.2, 0) is 7.05 Å². The Hall–Kier alpha value is -2.24. The van der Waals surface area contributed by atoms with Gasteiger partial charge in [0.05, 0.1) is 19.8 Å². The highest BCUT2D eigenvalue weighted by Crippen LogP contribution is 2.38. The third-order valence-electron chi connectivity index (χ3n) is 5.38. The van der Waals surface area contributed by atoms with Crippen molar-refractivity contribution in [3.63, 3.8) is 0 Å². The molecule has 1 N–H and O–H groups in total. The van der Waals surface area contributed by atoms with Gasteiger partial charge in [0.15, 0.2) is 0 Å². The van der Waals surface area contributed by atoms with E-state index in [0.717, 1.165) is 65.2 Å². The molecule has 0 bridgehead atoms. The first-order chi connectivity index (χ1) is 13.0. The first kappa shape index (κ1) is 22.1. The molecule has 152 valence electrons. The van der Waals surface area contributed by atoms with Crippen molar-refractivity contribution in [2.24, 2.45) is 7.05 Å². The topological polar surface area (TPSA) is 52.5 Å². The van der Waals surface area contributed by atoms with E-state index in [0.29, 0.717) is 0 Å². The Balaban J connectivity index is 0.00000280. The van der Waals surface area contributed by atoms with Crippen LogP contribution in [0.15, 0.2) is 28.7 Å². The van der Waals surface area contributed by atoms with Crippen molar-refractivity contribution in [1.29, 1.82) is 0 Å². The average molecular weight is 405 g/mol. The first-order valence-electron chi connectivity index (χ1n) is 9.29. The Morgan fingerprint density at radius 1 is 1.04 bits per heavy atom. The Kier molecular flexibility index (Phi) is 7.33. The fourth-order valence-electron chi connectivity index (χ4n) is 3.60. The number of aryl methyl sites for hydroxylation is 1. The zero-order valence-corrected chi connectivity index (χ0v) is 18.0. The van der Waals surface area contributed by atoms with E-state index in [1.165, 1.54) is 5.57 Å². The van der Waals surface area contributed by atoms with E-state index in [1.54, 1.807) is 25.8 Å². The Labute approximate surface area is 172 Å². The summed E-state index contributed by atoms with van der Waals surface area (Å²) in [5.74, 6) is 1.56. The van der Waals surface area contributed by atoms with Gasteiger partial charge in [-0.05, 0) is 69.1 Å². The van der Waals surface area contributed by atoms with Crippen molar-refractivity contribution < 1.29 is 9.47 Å². The average Bonchev–Trinajstić information content (AvgIpc) is 2.70. The van der Waals surface area contributed by atoms with Crippen LogP contribution in [0, 0.1) is 13.8 Å². The van der Waals surface area contributed by atoms with Gasteiger partial charge in [0.2, 0.25) is 0 Å². The molecule has 0 spiro atoms. The SMILES string of the molecule is COc1cc(-c2cn(C)c(=O)c(C)c2C)cc(OC)c1C=C1CCNCC1.Cl. The predicted octanol–water partition coefficient (Wildman–Crippen LogP) is 3.87. The number of benzene rings is 1. The number of hydrogen-bond acceptors (Lipinski definition) is 4. The second kappa shape index (κ2) is 9.30. The van der Waals surface area contributed by atoms with Crippen LogP contribution in [0.4, 0.5) is 0 Å². The lowest BCUT2D eigenvalue weighted by Crippen LogP contribution is -2.23. The lowest BCUT2D eigenvalue weighted by molar-refractivity contribution is 0.393. The monoisotopic (exact) mass is 404 g/mol. The van der Waals surface area contributed by atoms with Gasteiger partial charge >= 0.3 is 0 Å². The number of piperidine rings is 1. The Bertz CT molecular complexity index is 915. The molecule has 1 fully saturated rings. The lowest BCUT2D eigenvalue weighted by atomic mass is 9.95. The smallest absolute Gasteiger partial charge is 0.253 e. The minimum absolute atomic E-state index is 0. The number of methoxy groups -OCH3 is 2. The summed E-state index contributed by atoms with van der Waals surface area (Å²) in [6.45, 7) is 5.86. The molecule has 0 atom stereocenters. The van der Waals surface area contributed by atoms with E-state index in [4.69, 9.17) is 9.47 Å². The lowest BCUT2D eigenvalue weighted by Gasteiger charge is -2.19. The molecule has 3 rings (SSSR count). The normalized spacial score (nSPS) is 13.7. The summed E-state index contributed by atoms with van der Waals surface area (Å²) in [6, 6.07) is 4.06. The number of halogens is 1. The maximum Gasteiger partial charge on any atom is 0.253 e. The number of aromatic nitrogens is 1. The molecule has 6 heteroatoms. The summed E-state index contributed by atoms with van der Waals surface area (Å²) in [6.07, 6.45) is 6.14. The van der Waals surface area contributed by atoms with Gasteiger partial charge in [-0.3, -0.25) is 4.79 Å². The molecule has 28 heavy (non-hydrogen) atoms. The third-order valence-corrected chi connectivity index (χ3v) is 5.38. The molecule has 2 heterocycles. The highest BCUT2D eigenvalue weighted by atomic mass is 35.5. The quantitative estimate of drug-likeness (QED) is 0.840. The molecule has 0 aliphatic carbocycles. The molecule has 1 aromatic carbocycles. The predicted molar refractivity (Wildman–Crippen MR) is 117 cm³/mol. The zero-order valence-electron chi connectivity index (χ0n) is 17.2. The van der Waals surface area contributed by atoms with E-state index >= 15 is 0 Å². The molecule has 0 saturated carbocycles. The molecule has 1 aliphatic rings. The first-order valence-corrected chi connectivity index (χ1v) is 9.29. The number of ether oxygens (including phenoxy) is 2. The van der Waals surface area contributed by atoms with Gasteiger partial charge in [0, 0.05) is 24.4 Å². The van der Waals surface area contributed by atoms with Crippen LogP contribution in [-0.4, -0.2) is 31.9 Å². The molecule has 2 aromatic rings. The molecule has 1 aromatic heterocycles. The highest BCUT2D eigenvalue weighted by Gasteiger charge is 2.16. The molecule has 0 radical (unpaired) electrons. The van der Waals surface area contributed by atoms with Crippen molar-refractivity contribution >= 4 is 18.5 Å². The van der Waals surface area contributed by atoms with Gasteiger partial charge in [-0.1, -0.05) is 5.57 Å². The van der Waals surface area contributed by atoms with Gasteiger partial charge in [-0.15, -0.1) is 12.4 Å². The van der Waals surface area contributed by atoms with Crippen molar-refractivity contribution in [1.82, 2.24) is 9.88 Å². The summed E-state index contributed by atoms with van der Waals surface area (Å²) >= 11 is 0. The summed E-state index contributed by atoms with van der Waals surface area (Å²) in [5.41, 5.74) is 6.12. The van der Waals surface area contributed by atoms with E-state index in [9.17, 15) is 4.79 Å². The maximum atomic E-state index is 12.2. The van der Waals surface area contributed by atoms with Crippen LogP contribution in [0.2, 0.25) is 0 Å². The third kappa shape index (κ3) is 4.26. The molecule has 1 saturated heterocycles. The Morgan fingerprint density at radius 2 is 1.61 bits per heavy atom. The van der Waals surface area contributed by atoms with Crippen LogP contribution < -0.4 is 20.3 Å². The van der Waals surface area contributed by atoms with Gasteiger partial charge in [-0.2, -0.15) is 0 Å². The van der Waals surface area contributed by atoms with Crippen LogP contribution in [0.25, 0.3) is 17.2 Å². The second-order valence-electron chi connectivity index (χ2n) is 7.06. The molecular formula is C22H29ClN2O3. The summed E-state index contributed by atoms with van der Waals surface area (Å²) < 4.78 is 13.0. The molecule has 0 amide bonds. The van der Waals surface area contributed by atoms with Gasteiger partial charge < -0.3 is 19.4 Å². The van der Waals surface area contributed by atoms with Crippen molar-refractivity contribution in [2.75, 3.05) is 27.3 Å². The minimum atomic E-state index is 0. The second-order valence-corrected chi connectivity index (χ2v) is 7.06.